The lowest BCUT2D eigenvalue weighted by atomic mass is 9.67. The number of ether oxygens (including phenoxy) is 3. The summed E-state index contributed by atoms with van der Waals surface area (Å²) < 4.78 is 15.2. The first-order valence-electron chi connectivity index (χ1n) is 9.38. The summed E-state index contributed by atoms with van der Waals surface area (Å²) in [5.41, 5.74) is -0.738. The Hall–Kier alpha value is -3.42. The van der Waals surface area contributed by atoms with Crippen molar-refractivity contribution in [1.82, 2.24) is 0 Å². The van der Waals surface area contributed by atoms with Crippen LogP contribution in [-0.4, -0.2) is 38.2 Å². The molecule has 2 aromatic rings. The van der Waals surface area contributed by atoms with Gasteiger partial charge in [-0.3, -0.25) is 19.7 Å². The number of benzene rings is 2. The number of carbonyl (C=O) groups is 2. The molecule has 0 aliphatic carbocycles. The molecule has 30 heavy (non-hydrogen) atoms. The number of nitrogens with zero attached hydrogens (tertiary/aromatic N) is 1. The highest BCUT2D eigenvalue weighted by atomic mass is 16.6. The number of nitro benzene ring substituents is 1. The molecule has 0 bridgehead atoms. The molecule has 0 N–H and O–H groups in total. The zero-order valence-corrected chi connectivity index (χ0v) is 17.4. The summed E-state index contributed by atoms with van der Waals surface area (Å²) in [6.45, 7) is 1.68. The van der Waals surface area contributed by atoms with Gasteiger partial charge in [0.25, 0.3) is 5.69 Å². The standard InChI is InChI=1S/C22H25NO7/c1-5-22(20(24)29-3,21(25)30-4)18(15-10-12-17(28-2)13-11-15)14-16-8-6-7-9-19(16)23(26)27/h6-13,18H,5,14H2,1-4H3. The van der Waals surface area contributed by atoms with Crippen molar-refractivity contribution in [3.05, 3.63) is 69.8 Å². The lowest BCUT2D eigenvalue weighted by Crippen LogP contribution is -2.46. The maximum absolute atomic E-state index is 12.9. The molecule has 0 aliphatic rings. The molecule has 0 amide bonds. The van der Waals surface area contributed by atoms with Crippen LogP contribution >= 0.6 is 0 Å². The molecule has 0 aliphatic heterocycles. The summed E-state index contributed by atoms with van der Waals surface area (Å²) in [6, 6.07) is 13.1. The summed E-state index contributed by atoms with van der Waals surface area (Å²) in [4.78, 5) is 36.9. The van der Waals surface area contributed by atoms with Gasteiger partial charge in [0.15, 0.2) is 5.41 Å². The Labute approximate surface area is 174 Å². The molecule has 1 atom stereocenters. The minimum Gasteiger partial charge on any atom is -0.497 e. The van der Waals surface area contributed by atoms with Crippen LogP contribution in [0.1, 0.15) is 30.4 Å². The molecule has 8 heteroatoms. The fourth-order valence-corrected chi connectivity index (χ4v) is 3.76. The van der Waals surface area contributed by atoms with E-state index in [9.17, 15) is 19.7 Å². The summed E-state index contributed by atoms with van der Waals surface area (Å²) in [7, 11) is 3.93. The van der Waals surface area contributed by atoms with E-state index in [-0.39, 0.29) is 18.5 Å². The molecule has 0 aromatic heterocycles. The summed E-state index contributed by atoms with van der Waals surface area (Å²) in [5, 5.41) is 11.5. The van der Waals surface area contributed by atoms with Gasteiger partial charge in [-0.25, -0.2) is 0 Å². The second-order valence-electron chi connectivity index (χ2n) is 6.72. The van der Waals surface area contributed by atoms with Crippen molar-refractivity contribution in [3.63, 3.8) is 0 Å². The van der Waals surface area contributed by atoms with Gasteiger partial charge in [-0.05, 0) is 30.5 Å². The Bertz CT molecular complexity index is 892. The van der Waals surface area contributed by atoms with E-state index in [2.05, 4.69) is 0 Å². The first kappa shape index (κ1) is 22.9. The van der Waals surface area contributed by atoms with E-state index >= 15 is 0 Å². The van der Waals surface area contributed by atoms with Crippen LogP contribution in [0.4, 0.5) is 5.69 Å². The number of hydrogen-bond acceptors (Lipinski definition) is 7. The molecule has 2 aromatic carbocycles. The predicted molar refractivity (Wildman–Crippen MR) is 109 cm³/mol. The van der Waals surface area contributed by atoms with E-state index in [0.717, 1.165) is 0 Å². The summed E-state index contributed by atoms with van der Waals surface area (Å²) >= 11 is 0. The third kappa shape index (κ3) is 4.27. The van der Waals surface area contributed by atoms with Crippen LogP contribution in [0.15, 0.2) is 48.5 Å². The molecule has 2 rings (SSSR count). The minimum atomic E-state index is -1.68. The third-order valence-corrected chi connectivity index (χ3v) is 5.38. The topological polar surface area (TPSA) is 105 Å². The van der Waals surface area contributed by atoms with E-state index in [1.807, 2.05) is 0 Å². The van der Waals surface area contributed by atoms with Crippen molar-refractivity contribution < 1.29 is 28.7 Å². The molecule has 0 fully saturated rings. The highest BCUT2D eigenvalue weighted by molar-refractivity contribution is 6.01. The number of methoxy groups -OCH3 is 3. The number of nitro groups is 1. The van der Waals surface area contributed by atoms with Gasteiger partial charge in [0.1, 0.15) is 5.75 Å². The number of esters is 2. The van der Waals surface area contributed by atoms with Gasteiger partial charge in [-0.2, -0.15) is 0 Å². The van der Waals surface area contributed by atoms with Gasteiger partial charge in [0.2, 0.25) is 0 Å². The van der Waals surface area contributed by atoms with Crippen LogP contribution < -0.4 is 4.74 Å². The lowest BCUT2D eigenvalue weighted by molar-refractivity contribution is -0.385. The second kappa shape index (κ2) is 9.87. The zero-order valence-electron chi connectivity index (χ0n) is 17.4. The van der Waals surface area contributed by atoms with Crippen molar-refractivity contribution in [2.45, 2.75) is 25.7 Å². The highest BCUT2D eigenvalue weighted by Crippen LogP contribution is 2.45. The molecule has 160 valence electrons. The highest BCUT2D eigenvalue weighted by Gasteiger charge is 2.54. The van der Waals surface area contributed by atoms with Crippen LogP contribution in [-0.2, 0) is 25.5 Å². The van der Waals surface area contributed by atoms with E-state index in [1.54, 1.807) is 49.4 Å². The minimum absolute atomic E-state index is 0.0571. The number of carbonyl (C=O) groups excluding carboxylic acids is 2. The maximum atomic E-state index is 12.9. The molecule has 0 saturated heterocycles. The molecule has 0 spiro atoms. The van der Waals surface area contributed by atoms with Crippen LogP contribution in [0.3, 0.4) is 0 Å². The second-order valence-corrected chi connectivity index (χ2v) is 6.72. The number of hydrogen-bond donors (Lipinski definition) is 0. The third-order valence-electron chi connectivity index (χ3n) is 5.38. The van der Waals surface area contributed by atoms with Crippen molar-refractivity contribution >= 4 is 17.6 Å². The van der Waals surface area contributed by atoms with Crippen molar-refractivity contribution in [2.75, 3.05) is 21.3 Å². The van der Waals surface area contributed by atoms with Crippen molar-refractivity contribution in [3.8, 4) is 5.75 Å². The van der Waals surface area contributed by atoms with Gasteiger partial charge < -0.3 is 14.2 Å². The normalized spacial score (nSPS) is 12.0. The van der Waals surface area contributed by atoms with Gasteiger partial charge in [0.05, 0.1) is 26.3 Å². The Morgan fingerprint density at radius 3 is 2.03 bits per heavy atom. The van der Waals surface area contributed by atoms with Crippen molar-refractivity contribution in [2.24, 2.45) is 5.41 Å². The van der Waals surface area contributed by atoms with Gasteiger partial charge in [-0.1, -0.05) is 37.3 Å². The summed E-state index contributed by atoms with van der Waals surface area (Å²) in [6.07, 6.45) is 0.144. The quantitative estimate of drug-likeness (QED) is 0.266. The average Bonchev–Trinajstić information content (AvgIpc) is 2.78. The Morgan fingerprint density at radius 1 is 1.00 bits per heavy atom. The monoisotopic (exact) mass is 415 g/mol. The van der Waals surface area contributed by atoms with Crippen molar-refractivity contribution in [1.29, 1.82) is 0 Å². The zero-order chi connectivity index (χ0) is 22.3. The van der Waals surface area contributed by atoms with Crippen LogP contribution in [0.25, 0.3) is 0 Å². The first-order chi connectivity index (χ1) is 14.3. The summed E-state index contributed by atoms with van der Waals surface area (Å²) in [5.74, 6) is -1.68. The van der Waals surface area contributed by atoms with Gasteiger partial charge in [-0.15, -0.1) is 0 Å². The SMILES string of the molecule is CCC(C(=O)OC)(C(=O)OC)C(Cc1ccccc1[N+](=O)[O-])c1ccc(OC)cc1. The molecular formula is C22H25NO7. The predicted octanol–water partition coefficient (Wildman–Crippen LogP) is 3.67. The van der Waals surface area contributed by atoms with Crippen LogP contribution in [0, 0.1) is 15.5 Å². The molecule has 0 radical (unpaired) electrons. The smallest absolute Gasteiger partial charge is 0.323 e. The molecule has 1 unspecified atom stereocenters. The molecule has 0 saturated carbocycles. The Kier molecular flexibility index (Phi) is 7.52. The van der Waals surface area contributed by atoms with E-state index in [4.69, 9.17) is 14.2 Å². The number of rotatable bonds is 9. The van der Waals surface area contributed by atoms with E-state index in [0.29, 0.717) is 16.9 Å². The van der Waals surface area contributed by atoms with Crippen LogP contribution in [0.2, 0.25) is 0 Å². The lowest BCUT2D eigenvalue weighted by Gasteiger charge is -2.35. The first-order valence-corrected chi connectivity index (χ1v) is 9.38. The Morgan fingerprint density at radius 2 is 1.57 bits per heavy atom. The van der Waals surface area contributed by atoms with E-state index < -0.39 is 28.2 Å². The molecule has 8 nitrogen and oxygen atoms in total. The van der Waals surface area contributed by atoms with Gasteiger partial charge in [0, 0.05) is 17.5 Å². The average molecular weight is 415 g/mol. The molecule has 0 heterocycles. The fourth-order valence-electron chi connectivity index (χ4n) is 3.76. The number of para-hydroxylation sites is 1. The van der Waals surface area contributed by atoms with E-state index in [1.165, 1.54) is 27.4 Å². The maximum Gasteiger partial charge on any atom is 0.323 e. The molecular weight excluding hydrogens is 390 g/mol. The van der Waals surface area contributed by atoms with Gasteiger partial charge >= 0.3 is 11.9 Å². The largest absolute Gasteiger partial charge is 0.497 e. The van der Waals surface area contributed by atoms with Crippen LogP contribution in [0.5, 0.6) is 5.75 Å². The fraction of sp³-hybridized carbons (Fsp3) is 0.364. The Balaban J connectivity index is 2.72.